The topological polar surface area (TPSA) is 69.7 Å². The van der Waals surface area contributed by atoms with Crippen LogP contribution in [0.1, 0.15) is 5.56 Å². The van der Waals surface area contributed by atoms with Crippen molar-refractivity contribution in [3.05, 3.63) is 29.8 Å². The molecule has 0 aliphatic carbocycles. The summed E-state index contributed by atoms with van der Waals surface area (Å²) >= 11 is 0. The number of benzene rings is 1. The molecule has 0 unspecified atom stereocenters. The Morgan fingerprint density at radius 3 is 2.12 bits per heavy atom. The molecule has 0 bridgehead atoms. The van der Waals surface area contributed by atoms with Crippen LogP contribution in [-0.4, -0.2) is 62.5 Å². The van der Waals surface area contributed by atoms with Gasteiger partial charge >= 0.3 is 6.18 Å². The highest BCUT2D eigenvalue weighted by Crippen LogP contribution is 2.29. The lowest BCUT2D eigenvalue weighted by molar-refractivity contribution is -0.137. The standard InChI is InChI=1S/C14H18F3N3O3S/c1-24(22,23)20-8-6-19(7-9-20)13(21)10-18-12-4-2-11(3-5-12)14(15,16)17/h2-5,18H,6-10H2,1H3. The van der Waals surface area contributed by atoms with E-state index >= 15 is 0 Å². The highest BCUT2D eigenvalue weighted by atomic mass is 32.2. The minimum atomic E-state index is -4.40. The van der Waals surface area contributed by atoms with Gasteiger partial charge in [-0.15, -0.1) is 0 Å². The van der Waals surface area contributed by atoms with E-state index in [0.29, 0.717) is 18.8 Å². The van der Waals surface area contributed by atoms with Gasteiger partial charge in [0.25, 0.3) is 0 Å². The van der Waals surface area contributed by atoms with Crippen molar-refractivity contribution in [2.45, 2.75) is 6.18 Å². The van der Waals surface area contributed by atoms with Gasteiger partial charge in [-0.1, -0.05) is 0 Å². The second-order valence-corrected chi connectivity index (χ2v) is 7.45. The number of rotatable bonds is 4. The fraction of sp³-hybridized carbons (Fsp3) is 0.500. The van der Waals surface area contributed by atoms with Crippen LogP contribution in [0.5, 0.6) is 0 Å². The minimum absolute atomic E-state index is 0.0652. The Balaban J connectivity index is 1.84. The summed E-state index contributed by atoms with van der Waals surface area (Å²) in [6, 6.07) is 4.41. The summed E-state index contributed by atoms with van der Waals surface area (Å²) in [6.07, 6.45) is -3.27. The van der Waals surface area contributed by atoms with Crippen molar-refractivity contribution in [2.75, 3.05) is 44.3 Å². The molecule has 0 spiro atoms. The number of carbonyl (C=O) groups excluding carboxylic acids is 1. The first-order valence-electron chi connectivity index (χ1n) is 7.21. The molecular formula is C14H18F3N3O3S. The van der Waals surface area contributed by atoms with E-state index in [2.05, 4.69) is 5.32 Å². The van der Waals surface area contributed by atoms with Crippen molar-refractivity contribution in [1.29, 1.82) is 0 Å². The average Bonchev–Trinajstić information content (AvgIpc) is 2.51. The van der Waals surface area contributed by atoms with E-state index in [0.717, 1.165) is 18.4 Å². The van der Waals surface area contributed by atoms with Gasteiger partial charge in [-0.3, -0.25) is 4.79 Å². The van der Waals surface area contributed by atoms with E-state index in [-0.39, 0.29) is 25.5 Å². The number of halogens is 3. The van der Waals surface area contributed by atoms with Crippen molar-refractivity contribution in [3.63, 3.8) is 0 Å². The molecule has 10 heteroatoms. The molecular weight excluding hydrogens is 347 g/mol. The van der Waals surface area contributed by atoms with Crippen molar-refractivity contribution in [3.8, 4) is 0 Å². The second-order valence-electron chi connectivity index (χ2n) is 5.47. The fourth-order valence-electron chi connectivity index (χ4n) is 2.34. The maximum Gasteiger partial charge on any atom is 0.416 e. The van der Waals surface area contributed by atoms with Gasteiger partial charge in [-0.2, -0.15) is 17.5 Å². The SMILES string of the molecule is CS(=O)(=O)N1CCN(C(=O)CNc2ccc(C(F)(F)F)cc2)CC1. The molecule has 0 radical (unpaired) electrons. The van der Waals surface area contributed by atoms with Gasteiger partial charge in [0.1, 0.15) is 0 Å². The smallest absolute Gasteiger partial charge is 0.376 e. The van der Waals surface area contributed by atoms with Crippen LogP contribution in [-0.2, 0) is 21.0 Å². The van der Waals surface area contributed by atoms with Gasteiger partial charge in [0.05, 0.1) is 18.4 Å². The number of anilines is 1. The number of hydrogen-bond donors (Lipinski definition) is 1. The van der Waals surface area contributed by atoms with Crippen LogP contribution in [0.3, 0.4) is 0 Å². The lowest BCUT2D eigenvalue weighted by atomic mass is 10.2. The van der Waals surface area contributed by atoms with Crippen LogP contribution in [0, 0.1) is 0 Å². The van der Waals surface area contributed by atoms with E-state index in [1.165, 1.54) is 21.3 Å². The van der Waals surface area contributed by atoms with Gasteiger partial charge in [-0.05, 0) is 24.3 Å². The molecule has 24 heavy (non-hydrogen) atoms. The van der Waals surface area contributed by atoms with Crippen LogP contribution in [0.15, 0.2) is 24.3 Å². The normalized spacial score (nSPS) is 16.9. The van der Waals surface area contributed by atoms with Gasteiger partial charge in [0, 0.05) is 31.9 Å². The number of amides is 1. The Hall–Kier alpha value is -1.81. The summed E-state index contributed by atoms with van der Waals surface area (Å²) in [4.78, 5) is 13.6. The Morgan fingerprint density at radius 2 is 1.67 bits per heavy atom. The molecule has 1 amide bonds. The first kappa shape index (κ1) is 18.5. The summed E-state index contributed by atoms with van der Waals surface area (Å²) in [5.41, 5.74) is -0.345. The third-order valence-corrected chi connectivity index (χ3v) is 5.02. The Morgan fingerprint density at radius 1 is 1.12 bits per heavy atom. The van der Waals surface area contributed by atoms with E-state index in [1.807, 2.05) is 0 Å². The number of hydrogen-bond acceptors (Lipinski definition) is 4. The quantitative estimate of drug-likeness (QED) is 0.871. The second kappa shape index (κ2) is 6.98. The summed E-state index contributed by atoms with van der Waals surface area (Å²) in [7, 11) is -3.26. The van der Waals surface area contributed by atoms with Crippen molar-refractivity contribution in [2.24, 2.45) is 0 Å². The molecule has 1 heterocycles. The van der Waals surface area contributed by atoms with Crippen LogP contribution in [0.2, 0.25) is 0 Å². The number of alkyl halides is 3. The molecule has 1 fully saturated rings. The minimum Gasteiger partial charge on any atom is -0.376 e. The van der Waals surface area contributed by atoms with Crippen molar-refractivity contribution < 1.29 is 26.4 Å². The summed E-state index contributed by atoms with van der Waals surface area (Å²) in [5.74, 6) is -0.233. The number of sulfonamides is 1. The molecule has 0 saturated carbocycles. The molecule has 2 rings (SSSR count). The van der Waals surface area contributed by atoms with E-state index in [9.17, 15) is 26.4 Å². The van der Waals surface area contributed by atoms with E-state index in [1.54, 1.807) is 0 Å². The molecule has 6 nitrogen and oxygen atoms in total. The molecule has 1 aromatic carbocycles. The molecule has 1 saturated heterocycles. The van der Waals surface area contributed by atoms with E-state index in [4.69, 9.17) is 0 Å². The van der Waals surface area contributed by atoms with Gasteiger partial charge in [0.15, 0.2) is 0 Å². The first-order valence-corrected chi connectivity index (χ1v) is 9.06. The number of carbonyl (C=O) groups is 1. The molecule has 134 valence electrons. The Bertz CT molecular complexity index is 681. The van der Waals surface area contributed by atoms with Gasteiger partial charge in [-0.25, -0.2) is 8.42 Å². The molecule has 1 aromatic rings. The monoisotopic (exact) mass is 365 g/mol. The third kappa shape index (κ3) is 4.84. The predicted molar refractivity (Wildman–Crippen MR) is 82.9 cm³/mol. The number of nitrogens with one attached hydrogen (secondary N) is 1. The van der Waals surface area contributed by atoms with Crippen LogP contribution < -0.4 is 5.32 Å². The Kier molecular flexibility index (Phi) is 5.38. The maximum absolute atomic E-state index is 12.5. The predicted octanol–water partition coefficient (Wildman–Crippen LogP) is 1.22. The zero-order valence-corrected chi connectivity index (χ0v) is 13.8. The van der Waals surface area contributed by atoms with E-state index < -0.39 is 21.8 Å². The Labute approximate surface area is 138 Å². The zero-order valence-electron chi connectivity index (χ0n) is 13.0. The number of piperazine rings is 1. The van der Waals surface area contributed by atoms with Crippen LogP contribution >= 0.6 is 0 Å². The number of nitrogens with zero attached hydrogens (tertiary/aromatic N) is 2. The zero-order chi connectivity index (χ0) is 18.0. The highest BCUT2D eigenvalue weighted by molar-refractivity contribution is 7.88. The highest BCUT2D eigenvalue weighted by Gasteiger charge is 2.30. The van der Waals surface area contributed by atoms with Gasteiger partial charge < -0.3 is 10.2 Å². The lowest BCUT2D eigenvalue weighted by Gasteiger charge is -2.33. The fourth-order valence-corrected chi connectivity index (χ4v) is 3.16. The molecule has 1 aliphatic heterocycles. The van der Waals surface area contributed by atoms with Crippen molar-refractivity contribution >= 4 is 21.6 Å². The largest absolute Gasteiger partial charge is 0.416 e. The lowest BCUT2D eigenvalue weighted by Crippen LogP contribution is -2.51. The third-order valence-electron chi connectivity index (χ3n) is 3.72. The van der Waals surface area contributed by atoms with Crippen molar-refractivity contribution in [1.82, 2.24) is 9.21 Å². The van der Waals surface area contributed by atoms with Crippen LogP contribution in [0.25, 0.3) is 0 Å². The summed E-state index contributed by atoms with van der Waals surface area (Å²) < 4.78 is 61.5. The van der Waals surface area contributed by atoms with Gasteiger partial charge in [0.2, 0.25) is 15.9 Å². The molecule has 1 N–H and O–H groups in total. The average molecular weight is 365 g/mol. The summed E-state index contributed by atoms with van der Waals surface area (Å²) in [6.45, 7) is 1.00. The molecule has 0 atom stereocenters. The first-order chi connectivity index (χ1) is 11.1. The molecule has 0 aromatic heterocycles. The maximum atomic E-state index is 12.5. The summed E-state index contributed by atoms with van der Waals surface area (Å²) in [5, 5.41) is 2.77. The van der Waals surface area contributed by atoms with Crippen LogP contribution in [0.4, 0.5) is 18.9 Å². The molecule has 1 aliphatic rings.